The van der Waals surface area contributed by atoms with Crippen LogP contribution >= 0.6 is 0 Å². The summed E-state index contributed by atoms with van der Waals surface area (Å²) < 4.78 is 26.9. The average molecular weight is 347 g/mol. The van der Waals surface area contributed by atoms with Gasteiger partial charge in [-0.05, 0) is 25.0 Å². The van der Waals surface area contributed by atoms with Crippen LogP contribution in [0.5, 0.6) is 5.88 Å². The Balaban J connectivity index is 1.57. The smallest absolute Gasteiger partial charge is 0.293 e. The third-order valence-electron chi connectivity index (χ3n) is 4.52. The molecule has 9 heteroatoms. The summed E-state index contributed by atoms with van der Waals surface area (Å²) in [5, 5.41) is 4.08. The molecule has 132 valence electrons. The molecule has 2 aliphatic rings. The summed E-state index contributed by atoms with van der Waals surface area (Å²) in [5.41, 5.74) is 0. The topological polar surface area (TPSA) is 82.4 Å². The van der Waals surface area contributed by atoms with Crippen LogP contribution in [0.1, 0.15) is 23.5 Å². The Hall–Kier alpha value is -2.55. The number of rotatable bonds is 3. The molecule has 2 aromatic rings. The Morgan fingerprint density at radius 2 is 2.32 bits per heavy atom. The zero-order chi connectivity index (χ0) is 17.4. The second-order valence-corrected chi connectivity index (χ2v) is 6.19. The SMILES string of the molecule is Cn1cnc(C(=O)N2C[C@H](Oc3ncccc3F)[C@H]3OCCC[C@H]32)n1. The Morgan fingerprint density at radius 1 is 1.44 bits per heavy atom. The number of carbonyl (C=O) groups excluding carboxylic acids is 1. The Bertz CT molecular complexity index is 783. The number of aromatic nitrogens is 4. The maximum atomic E-state index is 13.9. The summed E-state index contributed by atoms with van der Waals surface area (Å²) in [6.07, 6.45) is 3.80. The van der Waals surface area contributed by atoms with E-state index in [-0.39, 0.29) is 36.3 Å². The van der Waals surface area contributed by atoms with Gasteiger partial charge in [0.05, 0.1) is 12.6 Å². The van der Waals surface area contributed by atoms with Gasteiger partial charge in [-0.25, -0.2) is 14.4 Å². The first-order chi connectivity index (χ1) is 12.1. The minimum absolute atomic E-state index is 0.0781. The number of ether oxygens (including phenoxy) is 2. The van der Waals surface area contributed by atoms with Crippen LogP contribution in [0.15, 0.2) is 24.7 Å². The number of fused-ring (bicyclic) bond motifs is 1. The molecule has 0 saturated carbocycles. The van der Waals surface area contributed by atoms with Crippen LogP contribution in [0.2, 0.25) is 0 Å². The molecule has 4 heterocycles. The lowest BCUT2D eigenvalue weighted by molar-refractivity contribution is -0.0463. The second kappa shape index (κ2) is 6.40. The van der Waals surface area contributed by atoms with E-state index in [0.29, 0.717) is 6.61 Å². The van der Waals surface area contributed by atoms with Gasteiger partial charge in [0.2, 0.25) is 5.82 Å². The highest BCUT2D eigenvalue weighted by Crippen LogP contribution is 2.32. The minimum Gasteiger partial charge on any atom is -0.468 e. The van der Waals surface area contributed by atoms with Gasteiger partial charge in [0.1, 0.15) is 18.5 Å². The van der Waals surface area contributed by atoms with Crippen molar-refractivity contribution < 1.29 is 18.7 Å². The zero-order valence-electron chi connectivity index (χ0n) is 13.7. The highest BCUT2D eigenvalue weighted by Gasteiger charge is 2.48. The highest BCUT2D eigenvalue weighted by atomic mass is 19.1. The minimum atomic E-state index is -0.536. The fourth-order valence-corrected chi connectivity index (χ4v) is 3.41. The molecule has 2 fully saturated rings. The number of hydrogen-bond acceptors (Lipinski definition) is 6. The number of pyridine rings is 1. The molecule has 0 N–H and O–H groups in total. The molecule has 0 aliphatic carbocycles. The van der Waals surface area contributed by atoms with Crippen LogP contribution in [0.25, 0.3) is 0 Å². The summed E-state index contributed by atoms with van der Waals surface area (Å²) in [7, 11) is 1.70. The lowest BCUT2D eigenvalue weighted by atomic mass is 10.0. The lowest BCUT2D eigenvalue weighted by Crippen LogP contribution is -2.44. The maximum absolute atomic E-state index is 13.9. The van der Waals surface area contributed by atoms with Crippen molar-refractivity contribution >= 4 is 5.91 Å². The van der Waals surface area contributed by atoms with E-state index in [1.165, 1.54) is 29.3 Å². The van der Waals surface area contributed by atoms with E-state index >= 15 is 0 Å². The summed E-state index contributed by atoms with van der Waals surface area (Å²) >= 11 is 0. The third-order valence-corrected chi connectivity index (χ3v) is 4.52. The third kappa shape index (κ3) is 2.95. The summed E-state index contributed by atoms with van der Waals surface area (Å²) in [6.45, 7) is 0.873. The van der Waals surface area contributed by atoms with E-state index in [2.05, 4.69) is 15.1 Å². The van der Waals surface area contributed by atoms with Gasteiger partial charge < -0.3 is 14.4 Å². The van der Waals surface area contributed by atoms with E-state index in [9.17, 15) is 9.18 Å². The van der Waals surface area contributed by atoms with Gasteiger partial charge in [0, 0.05) is 19.9 Å². The molecule has 0 unspecified atom stereocenters. The summed E-state index contributed by atoms with van der Waals surface area (Å²) in [5.74, 6) is -0.748. The van der Waals surface area contributed by atoms with E-state index in [0.717, 1.165) is 12.8 Å². The molecule has 0 spiro atoms. The predicted octanol–water partition coefficient (Wildman–Crippen LogP) is 0.800. The average Bonchev–Trinajstić information content (AvgIpc) is 3.21. The molecule has 3 atom stereocenters. The monoisotopic (exact) mass is 347 g/mol. The van der Waals surface area contributed by atoms with Crippen molar-refractivity contribution in [3.8, 4) is 5.88 Å². The Kier molecular flexibility index (Phi) is 4.08. The van der Waals surface area contributed by atoms with E-state index < -0.39 is 11.9 Å². The fourth-order valence-electron chi connectivity index (χ4n) is 3.41. The Morgan fingerprint density at radius 3 is 3.08 bits per heavy atom. The number of likely N-dealkylation sites (tertiary alicyclic amines) is 1. The number of hydrogen-bond donors (Lipinski definition) is 0. The number of nitrogens with zero attached hydrogens (tertiary/aromatic N) is 5. The molecular weight excluding hydrogens is 329 g/mol. The first-order valence-corrected chi connectivity index (χ1v) is 8.19. The maximum Gasteiger partial charge on any atom is 0.293 e. The van der Waals surface area contributed by atoms with Gasteiger partial charge in [-0.1, -0.05) is 0 Å². The quantitative estimate of drug-likeness (QED) is 0.817. The van der Waals surface area contributed by atoms with Gasteiger partial charge >= 0.3 is 0 Å². The van der Waals surface area contributed by atoms with E-state index in [1.54, 1.807) is 11.9 Å². The van der Waals surface area contributed by atoms with Crippen molar-refractivity contribution in [2.24, 2.45) is 7.05 Å². The van der Waals surface area contributed by atoms with Crippen LogP contribution in [-0.2, 0) is 11.8 Å². The van der Waals surface area contributed by atoms with Crippen molar-refractivity contribution in [3.05, 3.63) is 36.3 Å². The molecule has 2 aliphatic heterocycles. The van der Waals surface area contributed by atoms with Crippen molar-refractivity contribution in [3.63, 3.8) is 0 Å². The molecule has 0 bridgehead atoms. The fraction of sp³-hybridized carbons (Fsp3) is 0.500. The summed E-state index contributed by atoms with van der Waals surface area (Å²) in [4.78, 5) is 22.4. The van der Waals surface area contributed by atoms with Crippen LogP contribution in [-0.4, -0.2) is 62.0 Å². The van der Waals surface area contributed by atoms with Crippen LogP contribution in [0, 0.1) is 5.82 Å². The van der Waals surface area contributed by atoms with E-state index in [4.69, 9.17) is 9.47 Å². The molecule has 25 heavy (non-hydrogen) atoms. The zero-order valence-corrected chi connectivity index (χ0v) is 13.7. The number of aryl methyl sites for hydroxylation is 1. The van der Waals surface area contributed by atoms with Gasteiger partial charge in [0.25, 0.3) is 11.8 Å². The largest absolute Gasteiger partial charge is 0.468 e. The van der Waals surface area contributed by atoms with Crippen LogP contribution in [0.3, 0.4) is 0 Å². The molecule has 8 nitrogen and oxygen atoms in total. The lowest BCUT2D eigenvalue weighted by Gasteiger charge is -2.31. The van der Waals surface area contributed by atoms with Crippen LogP contribution in [0.4, 0.5) is 4.39 Å². The Labute approximate surface area is 143 Å². The molecule has 1 amide bonds. The second-order valence-electron chi connectivity index (χ2n) is 6.19. The first kappa shape index (κ1) is 15.9. The van der Waals surface area contributed by atoms with Gasteiger partial charge in [-0.15, -0.1) is 5.10 Å². The van der Waals surface area contributed by atoms with Crippen molar-refractivity contribution in [1.82, 2.24) is 24.6 Å². The predicted molar refractivity (Wildman–Crippen MR) is 83.4 cm³/mol. The first-order valence-electron chi connectivity index (χ1n) is 8.19. The van der Waals surface area contributed by atoms with Gasteiger partial charge in [0.15, 0.2) is 5.82 Å². The highest BCUT2D eigenvalue weighted by molar-refractivity contribution is 5.91. The molecule has 0 radical (unpaired) electrons. The molecule has 2 saturated heterocycles. The molecule has 2 aromatic heterocycles. The normalized spacial score (nSPS) is 25.7. The number of carbonyl (C=O) groups is 1. The van der Waals surface area contributed by atoms with Crippen molar-refractivity contribution in [1.29, 1.82) is 0 Å². The van der Waals surface area contributed by atoms with Gasteiger partial charge in [-0.3, -0.25) is 9.48 Å². The van der Waals surface area contributed by atoms with E-state index in [1.807, 2.05) is 0 Å². The molecule has 4 rings (SSSR count). The van der Waals surface area contributed by atoms with Gasteiger partial charge in [-0.2, -0.15) is 0 Å². The van der Waals surface area contributed by atoms with Crippen molar-refractivity contribution in [2.45, 2.75) is 31.1 Å². The number of amides is 1. The van der Waals surface area contributed by atoms with Crippen LogP contribution < -0.4 is 4.74 Å². The number of halogens is 1. The molecular formula is C16H18FN5O3. The standard InChI is InChI=1S/C16H18FN5O3/c1-21-9-19-14(20-21)16(23)22-8-12(13-11(22)5-3-7-24-13)25-15-10(17)4-2-6-18-15/h2,4,6,9,11-13H,3,5,7-8H2,1H3/t11-,12+,13+/m1/s1. The van der Waals surface area contributed by atoms with Crippen molar-refractivity contribution in [2.75, 3.05) is 13.2 Å². The summed E-state index contributed by atoms with van der Waals surface area (Å²) in [6, 6.07) is 2.65. The molecule has 0 aromatic carbocycles.